The average molecular weight is 305 g/mol. The van der Waals surface area contributed by atoms with Gasteiger partial charge in [0.2, 0.25) is 0 Å². The van der Waals surface area contributed by atoms with Crippen molar-refractivity contribution in [1.82, 2.24) is 15.1 Å². The summed E-state index contributed by atoms with van der Waals surface area (Å²) >= 11 is 0. The van der Waals surface area contributed by atoms with Gasteiger partial charge in [0, 0.05) is 18.7 Å². The number of nitrogens with zero attached hydrogens (tertiary/aromatic N) is 2. The smallest absolute Gasteiger partial charge is 0.356 e. The Kier molecular flexibility index (Phi) is 4.55. The molecule has 1 aromatic heterocycles. The molecular weight excluding hydrogens is 289 g/mol. The van der Waals surface area contributed by atoms with Crippen molar-refractivity contribution < 1.29 is 18.7 Å². The minimum atomic E-state index is -0.647. The van der Waals surface area contributed by atoms with Gasteiger partial charge in [-0.1, -0.05) is 18.2 Å². The number of methoxy groups -OCH3 is 1. The number of ether oxygens (including phenoxy) is 1. The van der Waals surface area contributed by atoms with Gasteiger partial charge in [-0.25, -0.2) is 13.9 Å². The molecule has 2 aromatic rings. The van der Waals surface area contributed by atoms with Gasteiger partial charge in [-0.05, 0) is 13.0 Å². The lowest BCUT2D eigenvalue weighted by molar-refractivity contribution is 0.0585. The first-order chi connectivity index (χ1) is 10.5. The van der Waals surface area contributed by atoms with Crippen LogP contribution in [-0.4, -0.2) is 35.8 Å². The van der Waals surface area contributed by atoms with E-state index < -0.39 is 23.7 Å². The Morgan fingerprint density at radius 1 is 1.36 bits per heavy atom. The molecule has 0 aliphatic heterocycles. The van der Waals surface area contributed by atoms with Crippen LogP contribution in [0.3, 0.4) is 0 Å². The third kappa shape index (κ3) is 2.83. The number of amides is 1. The van der Waals surface area contributed by atoms with Crippen LogP contribution in [-0.2, 0) is 4.74 Å². The zero-order valence-corrected chi connectivity index (χ0v) is 12.5. The lowest BCUT2D eigenvalue weighted by atomic mass is 10.1. The molecule has 0 radical (unpaired) electrons. The topological polar surface area (TPSA) is 73.2 Å². The van der Waals surface area contributed by atoms with Gasteiger partial charge in [0.05, 0.1) is 13.2 Å². The van der Waals surface area contributed by atoms with E-state index in [9.17, 15) is 14.0 Å². The Balaban J connectivity index is 2.53. The molecule has 1 atom stereocenters. The molecule has 7 heteroatoms. The highest BCUT2D eigenvalue weighted by atomic mass is 19.1. The molecule has 2 rings (SSSR count). The van der Waals surface area contributed by atoms with Crippen molar-refractivity contribution in [3.63, 3.8) is 0 Å². The van der Waals surface area contributed by atoms with Crippen molar-refractivity contribution >= 4 is 11.9 Å². The number of halogens is 1. The second-order valence-corrected chi connectivity index (χ2v) is 4.63. The molecule has 116 valence electrons. The zero-order chi connectivity index (χ0) is 16.3. The quantitative estimate of drug-likeness (QED) is 0.874. The van der Waals surface area contributed by atoms with Crippen LogP contribution >= 0.6 is 0 Å². The lowest BCUT2D eigenvalue weighted by Gasteiger charge is -2.15. The number of nitrogens with one attached hydrogen (secondary N) is 1. The van der Waals surface area contributed by atoms with Crippen molar-refractivity contribution in [2.24, 2.45) is 0 Å². The van der Waals surface area contributed by atoms with Gasteiger partial charge in [-0.15, -0.1) is 0 Å². The number of aromatic nitrogens is 2. The highest BCUT2D eigenvalue weighted by Crippen LogP contribution is 2.23. The van der Waals surface area contributed by atoms with Crippen molar-refractivity contribution in [3.8, 4) is 0 Å². The lowest BCUT2D eigenvalue weighted by Crippen LogP contribution is -2.20. The zero-order valence-electron chi connectivity index (χ0n) is 12.5. The largest absolute Gasteiger partial charge is 0.464 e. The second kappa shape index (κ2) is 6.38. The number of benzene rings is 1. The summed E-state index contributed by atoms with van der Waals surface area (Å²) < 4.78 is 19.9. The van der Waals surface area contributed by atoms with Crippen LogP contribution in [0.2, 0.25) is 0 Å². The van der Waals surface area contributed by atoms with Gasteiger partial charge in [0.15, 0.2) is 5.69 Å². The van der Waals surface area contributed by atoms with Crippen molar-refractivity contribution in [2.75, 3.05) is 14.2 Å². The first kappa shape index (κ1) is 15.7. The van der Waals surface area contributed by atoms with Crippen LogP contribution in [0, 0.1) is 5.82 Å². The summed E-state index contributed by atoms with van der Waals surface area (Å²) in [4.78, 5) is 23.6. The first-order valence-electron chi connectivity index (χ1n) is 6.64. The molecule has 1 amide bonds. The molecule has 1 N–H and O–H groups in total. The molecule has 0 aliphatic rings. The summed E-state index contributed by atoms with van der Waals surface area (Å²) in [7, 11) is 2.69. The van der Waals surface area contributed by atoms with Crippen LogP contribution in [0.1, 0.15) is 39.5 Å². The normalized spacial score (nSPS) is 11.8. The summed E-state index contributed by atoms with van der Waals surface area (Å²) in [5, 5.41) is 6.53. The Morgan fingerprint density at radius 2 is 2.05 bits per heavy atom. The SMILES string of the molecule is CNC(=O)c1cc(C(=O)OC)n([C@@H](C)c2ccccc2F)n1. The molecule has 6 nitrogen and oxygen atoms in total. The number of esters is 1. The second-order valence-electron chi connectivity index (χ2n) is 4.63. The third-order valence-electron chi connectivity index (χ3n) is 3.31. The van der Waals surface area contributed by atoms with Crippen molar-refractivity contribution in [2.45, 2.75) is 13.0 Å². The molecule has 0 bridgehead atoms. The molecule has 0 spiro atoms. The van der Waals surface area contributed by atoms with E-state index in [1.54, 1.807) is 25.1 Å². The summed E-state index contributed by atoms with van der Waals surface area (Å²) in [5.74, 6) is -1.50. The van der Waals surface area contributed by atoms with Crippen LogP contribution in [0.25, 0.3) is 0 Å². The number of carbonyl (C=O) groups is 2. The van der Waals surface area contributed by atoms with E-state index in [0.29, 0.717) is 5.56 Å². The van der Waals surface area contributed by atoms with E-state index in [4.69, 9.17) is 4.74 Å². The molecule has 22 heavy (non-hydrogen) atoms. The van der Waals surface area contributed by atoms with E-state index in [0.717, 1.165) is 0 Å². The van der Waals surface area contributed by atoms with Crippen LogP contribution in [0.5, 0.6) is 0 Å². The monoisotopic (exact) mass is 305 g/mol. The van der Waals surface area contributed by atoms with Gasteiger partial charge in [0.25, 0.3) is 5.91 Å². The fourth-order valence-corrected chi connectivity index (χ4v) is 2.13. The van der Waals surface area contributed by atoms with E-state index in [1.165, 1.54) is 31.0 Å². The highest BCUT2D eigenvalue weighted by Gasteiger charge is 2.24. The van der Waals surface area contributed by atoms with Crippen LogP contribution in [0.15, 0.2) is 30.3 Å². The molecular formula is C15H16FN3O3. The Morgan fingerprint density at radius 3 is 2.64 bits per heavy atom. The minimum Gasteiger partial charge on any atom is -0.464 e. The maximum atomic E-state index is 13.9. The van der Waals surface area contributed by atoms with Gasteiger partial charge >= 0.3 is 5.97 Å². The number of hydrogen-bond donors (Lipinski definition) is 1. The van der Waals surface area contributed by atoms with E-state index in [2.05, 4.69) is 10.4 Å². The molecule has 1 aromatic carbocycles. The summed E-state index contributed by atoms with van der Waals surface area (Å²) in [6.45, 7) is 1.69. The predicted molar refractivity (Wildman–Crippen MR) is 77.2 cm³/mol. The molecule has 0 saturated carbocycles. The van der Waals surface area contributed by atoms with Gasteiger partial charge in [-0.3, -0.25) is 4.79 Å². The number of hydrogen-bond acceptors (Lipinski definition) is 4. The Bertz CT molecular complexity index is 712. The number of carbonyl (C=O) groups excluding carboxylic acids is 2. The molecule has 1 heterocycles. The first-order valence-corrected chi connectivity index (χ1v) is 6.64. The van der Waals surface area contributed by atoms with Crippen LogP contribution < -0.4 is 5.32 Å². The van der Waals surface area contributed by atoms with E-state index in [-0.39, 0.29) is 11.4 Å². The average Bonchev–Trinajstić information content (AvgIpc) is 2.98. The maximum absolute atomic E-state index is 13.9. The fraction of sp³-hybridized carbons (Fsp3) is 0.267. The van der Waals surface area contributed by atoms with Gasteiger partial charge in [-0.2, -0.15) is 5.10 Å². The highest BCUT2D eigenvalue weighted by molar-refractivity contribution is 5.95. The van der Waals surface area contributed by atoms with E-state index in [1.807, 2.05) is 0 Å². The standard InChI is InChI=1S/C15H16FN3O3/c1-9(10-6-4-5-7-11(10)16)19-13(15(21)22-3)8-12(18-19)14(20)17-2/h4-9H,1-3H3,(H,17,20)/t9-/m0/s1. The molecule has 0 unspecified atom stereocenters. The molecule has 0 fully saturated rings. The van der Waals surface area contributed by atoms with Crippen LogP contribution in [0.4, 0.5) is 4.39 Å². The summed E-state index contributed by atoms with van der Waals surface area (Å²) in [6, 6.07) is 6.94. The molecule has 0 saturated heterocycles. The maximum Gasteiger partial charge on any atom is 0.356 e. The van der Waals surface area contributed by atoms with Gasteiger partial charge < -0.3 is 10.1 Å². The van der Waals surface area contributed by atoms with Crippen molar-refractivity contribution in [1.29, 1.82) is 0 Å². The predicted octanol–water partition coefficient (Wildman–Crippen LogP) is 1.78. The Labute approximate surface area is 126 Å². The Hall–Kier alpha value is -2.70. The summed E-state index contributed by atoms with van der Waals surface area (Å²) in [5.41, 5.74) is 0.502. The van der Waals surface area contributed by atoms with Gasteiger partial charge in [0.1, 0.15) is 11.5 Å². The summed E-state index contributed by atoms with van der Waals surface area (Å²) in [6.07, 6.45) is 0. The van der Waals surface area contributed by atoms with Crippen molar-refractivity contribution in [3.05, 3.63) is 53.1 Å². The molecule has 0 aliphatic carbocycles. The fourth-order valence-electron chi connectivity index (χ4n) is 2.13. The number of rotatable bonds is 4. The van der Waals surface area contributed by atoms with E-state index >= 15 is 0 Å². The third-order valence-corrected chi connectivity index (χ3v) is 3.31. The minimum absolute atomic E-state index is 0.0612.